The fourth-order valence-corrected chi connectivity index (χ4v) is 6.04. The van der Waals surface area contributed by atoms with Crippen molar-refractivity contribution in [1.29, 1.82) is 0 Å². The van der Waals surface area contributed by atoms with Crippen molar-refractivity contribution in [1.82, 2.24) is 9.38 Å². The maximum absolute atomic E-state index is 5.12. The summed E-state index contributed by atoms with van der Waals surface area (Å²) in [6, 6.07) is 39.7. The molecule has 0 aliphatic heterocycles. The Morgan fingerprint density at radius 2 is 1.15 bits per heavy atom. The van der Waals surface area contributed by atoms with Gasteiger partial charge in [-0.05, 0) is 76.2 Å². The van der Waals surface area contributed by atoms with Crippen molar-refractivity contribution in [2.75, 3.05) is 0 Å². The van der Waals surface area contributed by atoms with E-state index in [2.05, 4.69) is 147 Å². The summed E-state index contributed by atoms with van der Waals surface area (Å²) < 4.78 is 2.40. The third kappa shape index (κ3) is 3.83. The second-order valence-corrected chi connectivity index (χ2v) is 11.2. The van der Waals surface area contributed by atoms with Crippen LogP contribution in [0.2, 0.25) is 0 Å². The summed E-state index contributed by atoms with van der Waals surface area (Å²) in [6.45, 7) is 8.96. The van der Waals surface area contributed by atoms with Crippen LogP contribution >= 0.6 is 0 Å². The summed E-state index contributed by atoms with van der Waals surface area (Å²) in [5, 5.41) is 3.67. The molecule has 0 unspecified atom stereocenters. The average Bonchev–Trinajstić information content (AvgIpc) is 3.43. The summed E-state index contributed by atoms with van der Waals surface area (Å²) in [6.07, 6.45) is 2.08. The molecular weight excluding hydrogens is 484 g/mol. The second kappa shape index (κ2) is 9.50. The molecule has 0 amide bonds. The van der Waals surface area contributed by atoms with E-state index in [9.17, 15) is 0 Å². The van der Waals surface area contributed by atoms with Crippen LogP contribution in [-0.2, 0) is 0 Å². The lowest BCUT2D eigenvalue weighted by molar-refractivity contribution is 0.867. The zero-order valence-electron chi connectivity index (χ0n) is 23.4. The minimum absolute atomic E-state index is 0.400. The number of aromatic nitrogens is 2. The van der Waals surface area contributed by atoms with E-state index in [0.717, 1.165) is 11.3 Å². The van der Waals surface area contributed by atoms with Gasteiger partial charge in [-0.1, -0.05) is 111 Å². The number of rotatable bonds is 4. The number of hydrogen-bond donors (Lipinski definition) is 0. The third-order valence-corrected chi connectivity index (χ3v) is 8.33. The normalized spacial score (nSPS) is 11.7. The summed E-state index contributed by atoms with van der Waals surface area (Å²) >= 11 is 0. The molecule has 0 bridgehead atoms. The van der Waals surface area contributed by atoms with Gasteiger partial charge < -0.3 is 0 Å². The largest absolute Gasteiger partial charge is 0.292 e. The smallest absolute Gasteiger partial charge is 0.145 e. The summed E-state index contributed by atoms with van der Waals surface area (Å²) in [4.78, 5) is 5.12. The molecule has 0 spiro atoms. The van der Waals surface area contributed by atoms with Crippen molar-refractivity contribution >= 4 is 27.3 Å². The number of hydrogen-bond acceptors (Lipinski definition) is 1. The van der Waals surface area contributed by atoms with Gasteiger partial charge in [-0.2, -0.15) is 0 Å². The first-order chi connectivity index (χ1) is 19.5. The SMILES string of the molecule is Cc1cc2c3ccccc3c3ncc(-c4c(-c5ccccc5)cc(C(C)C)cc4-c4ccccc4)n3c2cc1C. The number of pyridine rings is 1. The van der Waals surface area contributed by atoms with Gasteiger partial charge >= 0.3 is 0 Å². The lowest BCUT2D eigenvalue weighted by Gasteiger charge is -2.20. The molecule has 2 heteroatoms. The first-order valence-electron chi connectivity index (χ1n) is 14.1. The molecular formula is C38H32N2. The maximum atomic E-state index is 5.12. The van der Waals surface area contributed by atoms with Crippen LogP contribution in [-0.4, -0.2) is 9.38 Å². The number of fused-ring (bicyclic) bond motifs is 6. The van der Waals surface area contributed by atoms with E-state index < -0.39 is 0 Å². The number of benzene rings is 5. The van der Waals surface area contributed by atoms with Gasteiger partial charge in [0.25, 0.3) is 0 Å². The fraction of sp³-hybridized carbons (Fsp3) is 0.132. The Morgan fingerprint density at radius 1 is 0.600 bits per heavy atom. The molecule has 7 aromatic rings. The highest BCUT2D eigenvalue weighted by Gasteiger charge is 2.22. The lowest BCUT2D eigenvalue weighted by Crippen LogP contribution is -2.00. The molecule has 40 heavy (non-hydrogen) atoms. The highest BCUT2D eigenvalue weighted by atomic mass is 15.0. The zero-order valence-corrected chi connectivity index (χ0v) is 23.4. The quantitative estimate of drug-likeness (QED) is 0.213. The maximum Gasteiger partial charge on any atom is 0.145 e. The fourth-order valence-electron chi connectivity index (χ4n) is 6.04. The van der Waals surface area contributed by atoms with E-state index >= 15 is 0 Å². The molecule has 5 aromatic carbocycles. The first-order valence-corrected chi connectivity index (χ1v) is 14.1. The third-order valence-electron chi connectivity index (χ3n) is 8.33. The number of nitrogens with zero attached hydrogens (tertiary/aromatic N) is 2. The molecule has 0 aliphatic rings. The molecule has 2 aromatic heterocycles. The van der Waals surface area contributed by atoms with E-state index in [-0.39, 0.29) is 0 Å². The van der Waals surface area contributed by atoms with Gasteiger partial charge in [-0.3, -0.25) is 4.40 Å². The summed E-state index contributed by atoms with van der Waals surface area (Å²) in [5.74, 6) is 0.400. The molecule has 0 aliphatic carbocycles. The van der Waals surface area contributed by atoms with E-state index in [4.69, 9.17) is 4.98 Å². The highest BCUT2D eigenvalue weighted by Crippen LogP contribution is 2.44. The molecule has 194 valence electrons. The minimum atomic E-state index is 0.400. The van der Waals surface area contributed by atoms with Gasteiger partial charge in [0.1, 0.15) is 5.65 Å². The van der Waals surface area contributed by atoms with Crippen molar-refractivity contribution in [2.45, 2.75) is 33.6 Å². The second-order valence-electron chi connectivity index (χ2n) is 11.2. The van der Waals surface area contributed by atoms with Crippen LogP contribution in [0.15, 0.2) is 115 Å². The van der Waals surface area contributed by atoms with E-state index in [0.29, 0.717) is 5.92 Å². The Bertz CT molecular complexity index is 1970. The minimum Gasteiger partial charge on any atom is -0.292 e. The Kier molecular flexibility index (Phi) is 5.78. The predicted molar refractivity (Wildman–Crippen MR) is 170 cm³/mol. The van der Waals surface area contributed by atoms with Gasteiger partial charge in [0.2, 0.25) is 0 Å². The van der Waals surface area contributed by atoms with Gasteiger partial charge in [-0.25, -0.2) is 4.98 Å². The topological polar surface area (TPSA) is 17.3 Å². The van der Waals surface area contributed by atoms with Gasteiger partial charge in [0, 0.05) is 16.3 Å². The summed E-state index contributed by atoms with van der Waals surface area (Å²) in [5.41, 5.74) is 13.3. The van der Waals surface area contributed by atoms with Crippen molar-refractivity contribution < 1.29 is 0 Å². The Morgan fingerprint density at radius 3 is 1.75 bits per heavy atom. The Hall–Kier alpha value is -4.69. The van der Waals surface area contributed by atoms with Crippen LogP contribution in [0.4, 0.5) is 0 Å². The monoisotopic (exact) mass is 516 g/mol. The number of aryl methyl sites for hydroxylation is 2. The van der Waals surface area contributed by atoms with Crippen molar-refractivity contribution in [3.8, 4) is 33.5 Å². The van der Waals surface area contributed by atoms with Crippen LogP contribution in [0, 0.1) is 13.8 Å². The molecule has 0 radical (unpaired) electrons. The molecule has 0 saturated carbocycles. The summed E-state index contributed by atoms with van der Waals surface area (Å²) in [7, 11) is 0. The number of imidazole rings is 1. The van der Waals surface area contributed by atoms with E-state index in [1.165, 1.54) is 66.2 Å². The molecule has 0 saturated heterocycles. The van der Waals surface area contributed by atoms with Crippen LogP contribution < -0.4 is 0 Å². The average molecular weight is 517 g/mol. The molecule has 0 fully saturated rings. The van der Waals surface area contributed by atoms with Crippen LogP contribution in [0.25, 0.3) is 60.8 Å². The van der Waals surface area contributed by atoms with Gasteiger partial charge in [-0.15, -0.1) is 0 Å². The van der Waals surface area contributed by atoms with E-state index in [1.54, 1.807) is 0 Å². The Labute approximate surface area is 235 Å². The molecule has 0 N–H and O–H groups in total. The molecule has 2 nitrogen and oxygen atoms in total. The van der Waals surface area contributed by atoms with Gasteiger partial charge in [0.05, 0.1) is 17.4 Å². The van der Waals surface area contributed by atoms with Crippen molar-refractivity contribution in [3.05, 3.63) is 132 Å². The van der Waals surface area contributed by atoms with E-state index in [1.807, 2.05) is 0 Å². The standard InChI is InChI=1S/C38H32N2/c1-24(2)29-21-32(27-13-7-5-8-14-27)37(33(22-29)28-15-9-6-10-16-28)36-23-39-38-31-18-12-11-17-30(31)34-19-25(3)26(4)20-35(34)40(36)38/h5-24H,1-4H3. The molecule has 7 rings (SSSR count). The van der Waals surface area contributed by atoms with Gasteiger partial charge in [0.15, 0.2) is 0 Å². The molecule has 2 heterocycles. The van der Waals surface area contributed by atoms with Crippen molar-refractivity contribution in [3.63, 3.8) is 0 Å². The Balaban J connectivity index is 1.70. The van der Waals surface area contributed by atoms with Crippen LogP contribution in [0.5, 0.6) is 0 Å². The zero-order chi connectivity index (χ0) is 27.4. The molecule has 0 atom stereocenters. The predicted octanol–water partition coefficient (Wildman–Crippen LogP) is 10.4. The lowest BCUT2D eigenvalue weighted by atomic mass is 9.85. The first kappa shape index (κ1) is 24.4. The van der Waals surface area contributed by atoms with Crippen LogP contribution in [0.3, 0.4) is 0 Å². The van der Waals surface area contributed by atoms with Crippen molar-refractivity contribution in [2.24, 2.45) is 0 Å². The van der Waals surface area contributed by atoms with Crippen LogP contribution in [0.1, 0.15) is 36.5 Å². The highest BCUT2D eigenvalue weighted by molar-refractivity contribution is 6.13.